The Balaban J connectivity index is 1.75. The molecule has 2 amide bonds. The number of amides is 2. The van der Waals surface area contributed by atoms with Gasteiger partial charge in [0.25, 0.3) is 5.91 Å². The van der Waals surface area contributed by atoms with Gasteiger partial charge in [-0.3, -0.25) is 9.59 Å². The number of halogens is 1. The molecule has 7 heteroatoms. The van der Waals surface area contributed by atoms with Crippen LogP contribution in [0.15, 0.2) is 54.6 Å². The van der Waals surface area contributed by atoms with Gasteiger partial charge >= 0.3 is 0 Å². The van der Waals surface area contributed by atoms with Gasteiger partial charge in [0.05, 0.1) is 24.1 Å². The molecular formula is C26H28FN3O3. The van der Waals surface area contributed by atoms with E-state index in [4.69, 9.17) is 4.74 Å². The van der Waals surface area contributed by atoms with Crippen LogP contribution in [-0.4, -0.2) is 59.5 Å². The van der Waals surface area contributed by atoms with Gasteiger partial charge in [0.15, 0.2) is 0 Å². The Morgan fingerprint density at radius 2 is 1.67 bits per heavy atom. The van der Waals surface area contributed by atoms with Crippen molar-refractivity contribution in [3.05, 3.63) is 71.7 Å². The Hall–Kier alpha value is -3.61. The number of carbonyl (C=O) groups is 2. The highest BCUT2D eigenvalue weighted by Gasteiger charge is 2.28. The summed E-state index contributed by atoms with van der Waals surface area (Å²) in [7, 11) is 1.60. The molecule has 0 N–H and O–H groups in total. The molecule has 0 radical (unpaired) electrons. The third kappa shape index (κ3) is 4.35. The molecule has 2 aromatic carbocycles. The standard InChI is InChI=1S/C26H28FN3O3/c1-4-25(31)28-12-14-29(15-13-28)26(32)21-17-24(19-8-7-9-20(16-19)33-3)30(18(21)2)23-11-6-5-10-22(23)27/h5-11,16-17H,4,12-15H2,1-3H3. The normalized spacial score (nSPS) is 13.8. The molecule has 1 saturated heterocycles. The number of benzene rings is 2. The molecular weight excluding hydrogens is 421 g/mol. The van der Waals surface area contributed by atoms with Gasteiger partial charge in [0, 0.05) is 43.9 Å². The van der Waals surface area contributed by atoms with E-state index in [1.165, 1.54) is 6.07 Å². The summed E-state index contributed by atoms with van der Waals surface area (Å²) in [6.07, 6.45) is 0.461. The van der Waals surface area contributed by atoms with E-state index < -0.39 is 0 Å². The number of para-hydroxylation sites is 1. The summed E-state index contributed by atoms with van der Waals surface area (Å²) in [5, 5.41) is 0. The fourth-order valence-electron chi connectivity index (χ4n) is 4.31. The van der Waals surface area contributed by atoms with Crippen LogP contribution in [0, 0.1) is 12.7 Å². The Labute approximate surface area is 193 Å². The summed E-state index contributed by atoms with van der Waals surface area (Å²) >= 11 is 0. The van der Waals surface area contributed by atoms with Crippen LogP contribution >= 0.6 is 0 Å². The van der Waals surface area contributed by atoms with Crippen LogP contribution in [0.25, 0.3) is 16.9 Å². The summed E-state index contributed by atoms with van der Waals surface area (Å²) in [5.41, 5.74) is 3.09. The van der Waals surface area contributed by atoms with E-state index in [0.717, 1.165) is 5.56 Å². The fraction of sp³-hybridized carbons (Fsp3) is 0.308. The Morgan fingerprint density at radius 3 is 2.33 bits per heavy atom. The van der Waals surface area contributed by atoms with Crippen molar-refractivity contribution in [3.8, 4) is 22.7 Å². The summed E-state index contributed by atoms with van der Waals surface area (Å²) in [5.74, 6) is 0.293. The quantitative estimate of drug-likeness (QED) is 0.584. The zero-order valence-corrected chi connectivity index (χ0v) is 19.2. The predicted octanol–water partition coefficient (Wildman–Crippen LogP) is 4.29. The SMILES string of the molecule is CCC(=O)N1CCN(C(=O)c2cc(-c3cccc(OC)c3)n(-c3ccccc3F)c2C)CC1. The van der Waals surface area contributed by atoms with Crippen molar-refractivity contribution in [1.29, 1.82) is 0 Å². The summed E-state index contributed by atoms with van der Waals surface area (Å²) in [6.45, 7) is 5.67. The fourth-order valence-corrected chi connectivity index (χ4v) is 4.31. The largest absolute Gasteiger partial charge is 0.497 e. The second-order valence-electron chi connectivity index (χ2n) is 8.07. The number of rotatable bonds is 5. The molecule has 0 bridgehead atoms. The number of ether oxygens (including phenoxy) is 1. The second-order valence-corrected chi connectivity index (χ2v) is 8.07. The highest BCUT2D eigenvalue weighted by Crippen LogP contribution is 2.33. The van der Waals surface area contributed by atoms with Crippen LogP contribution in [0.2, 0.25) is 0 Å². The van der Waals surface area contributed by atoms with Crippen molar-refractivity contribution >= 4 is 11.8 Å². The van der Waals surface area contributed by atoms with E-state index in [9.17, 15) is 14.0 Å². The first-order valence-electron chi connectivity index (χ1n) is 11.1. The number of hydrogen-bond acceptors (Lipinski definition) is 3. The van der Waals surface area contributed by atoms with Gasteiger partial charge in [0.1, 0.15) is 11.6 Å². The average molecular weight is 450 g/mol. The number of methoxy groups -OCH3 is 1. The van der Waals surface area contributed by atoms with E-state index in [1.54, 1.807) is 39.7 Å². The maximum atomic E-state index is 14.8. The Morgan fingerprint density at radius 1 is 0.970 bits per heavy atom. The van der Waals surface area contributed by atoms with Crippen LogP contribution in [0.4, 0.5) is 4.39 Å². The minimum absolute atomic E-state index is 0.101. The van der Waals surface area contributed by atoms with E-state index in [0.29, 0.717) is 61.0 Å². The molecule has 3 aromatic rings. The zero-order valence-electron chi connectivity index (χ0n) is 19.2. The summed E-state index contributed by atoms with van der Waals surface area (Å²) in [4.78, 5) is 29.0. The molecule has 1 aliphatic rings. The number of piperazine rings is 1. The zero-order chi connectivity index (χ0) is 23.5. The lowest BCUT2D eigenvalue weighted by atomic mass is 10.1. The topological polar surface area (TPSA) is 54.8 Å². The van der Waals surface area contributed by atoms with Crippen molar-refractivity contribution in [2.45, 2.75) is 20.3 Å². The first-order chi connectivity index (χ1) is 15.9. The van der Waals surface area contributed by atoms with Gasteiger partial charge in [-0.2, -0.15) is 0 Å². The first kappa shape index (κ1) is 22.6. The van der Waals surface area contributed by atoms with E-state index >= 15 is 0 Å². The third-order valence-electron chi connectivity index (χ3n) is 6.16. The van der Waals surface area contributed by atoms with E-state index in [1.807, 2.05) is 44.2 Å². The van der Waals surface area contributed by atoms with Gasteiger partial charge in [-0.15, -0.1) is 0 Å². The van der Waals surface area contributed by atoms with Crippen LogP contribution < -0.4 is 4.74 Å². The van der Waals surface area contributed by atoms with Crippen molar-refractivity contribution in [2.75, 3.05) is 33.3 Å². The minimum atomic E-state index is -0.369. The molecule has 0 unspecified atom stereocenters. The van der Waals surface area contributed by atoms with Crippen molar-refractivity contribution in [1.82, 2.24) is 14.4 Å². The molecule has 1 fully saturated rings. The highest BCUT2D eigenvalue weighted by molar-refractivity contribution is 5.97. The lowest BCUT2D eigenvalue weighted by Gasteiger charge is -2.34. The van der Waals surface area contributed by atoms with Gasteiger partial charge in [-0.05, 0) is 37.3 Å². The van der Waals surface area contributed by atoms with Crippen LogP contribution in [0.1, 0.15) is 29.4 Å². The van der Waals surface area contributed by atoms with Crippen molar-refractivity contribution in [2.24, 2.45) is 0 Å². The van der Waals surface area contributed by atoms with Crippen molar-refractivity contribution < 1.29 is 18.7 Å². The van der Waals surface area contributed by atoms with Gasteiger partial charge in [-0.1, -0.05) is 31.2 Å². The lowest BCUT2D eigenvalue weighted by molar-refractivity contribution is -0.132. The van der Waals surface area contributed by atoms with Crippen LogP contribution in [-0.2, 0) is 4.79 Å². The van der Waals surface area contributed by atoms with Gasteiger partial charge in [0.2, 0.25) is 5.91 Å². The number of nitrogens with zero attached hydrogens (tertiary/aromatic N) is 3. The first-order valence-corrected chi connectivity index (χ1v) is 11.1. The third-order valence-corrected chi connectivity index (χ3v) is 6.16. The monoisotopic (exact) mass is 449 g/mol. The molecule has 172 valence electrons. The van der Waals surface area contributed by atoms with Gasteiger partial charge < -0.3 is 19.1 Å². The molecule has 0 atom stereocenters. The molecule has 6 nitrogen and oxygen atoms in total. The van der Waals surface area contributed by atoms with Crippen molar-refractivity contribution in [3.63, 3.8) is 0 Å². The highest BCUT2D eigenvalue weighted by atomic mass is 19.1. The number of hydrogen-bond donors (Lipinski definition) is 0. The molecule has 0 spiro atoms. The Kier molecular flexibility index (Phi) is 6.49. The van der Waals surface area contributed by atoms with Gasteiger partial charge in [-0.25, -0.2) is 4.39 Å². The maximum Gasteiger partial charge on any atom is 0.255 e. The smallest absolute Gasteiger partial charge is 0.255 e. The predicted molar refractivity (Wildman–Crippen MR) is 125 cm³/mol. The molecule has 0 aliphatic carbocycles. The average Bonchev–Trinajstić information content (AvgIpc) is 3.20. The number of aromatic nitrogens is 1. The van der Waals surface area contributed by atoms with Crippen LogP contribution in [0.3, 0.4) is 0 Å². The molecule has 1 aromatic heterocycles. The summed E-state index contributed by atoms with van der Waals surface area (Å²) in [6, 6.07) is 15.9. The number of carbonyl (C=O) groups excluding carboxylic acids is 2. The molecule has 33 heavy (non-hydrogen) atoms. The second kappa shape index (κ2) is 9.48. The van der Waals surface area contributed by atoms with E-state index in [2.05, 4.69) is 0 Å². The molecule has 1 aliphatic heterocycles. The van der Waals surface area contributed by atoms with Crippen LogP contribution in [0.5, 0.6) is 5.75 Å². The molecule has 4 rings (SSSR count). The maximum absolute atomic E-state index is 14.8. The molecule has 0 saturated carbocycles. The Bertz CT molecular complexity index is 1180. The molecule has 2 heterocycles. The lowest BCUT2D eigenvalue weighted by Crippen LogP contribution is -2.50. The minimum Gasteiger partial charge on any atom is -0.497 e. The van der Waals surface area contributed by atoms with E-state index in [-0.39, 0.29) is 17.6 Å². The summed E-state index contributed by atoms with van der Waals surface area (Å²) < 4.78 is 22.0.